The van der Waals surface area contributed by atoms with Gasteiger partial charge < -0.3 is 9.88 Å². The topological polar surface area (TPSA) is 59.8 Å². The molecule has 1 N–H and O–H groups in total. The van der Waals surface area contributed by atoms with E-state index in [1.54, 1.807) is 0 Å². The molecular formula is C19H19ClN4OS. The SMILES string of the molecule is CCn1c(S[C@H](C)C(=O)Nc2ccccc2)nnc1-c1cccc(Cl)c1. The number of anilines is 1. The lowest BCUT2D eigenvalue weighted by Gasteiger charge is -2.13. The summed E-state index contributed by atoms with van der Waals surface area (Å²) in [5.74, 6) is 0.671. The number of nitrogens with one attached hydrogen (secondary N) is 1. The van der Waals surface area contributed by atoms with Crippen LogP contribution in [0.25, 0.3) is 11.4 Å². The van der Waals surface area contributed by atoms with Crippen LogP contribution in [0, 0.1) is 0 Å². The third-order valence-electron chi connectivity index (χ3n) is 3.81. The second-order valence-corrected chi connectivity index (χ2v) is 7.42. The van der Waals surface area contributed by atoms with Crippen LogP contribution in [0.15, 0.2) is 59.8 Å². The fourth-order valence-electron chi connectivity index (χ4n) is 2.48. The van der Waals surface area contributed by atoms with E-state index in [4.69, 9.17) is 11.6 Å². The van der Waals surface area contributed by atoms with Crippen molar-refractivity contribution >= 4 is 35.0 Å². The monoisotopic (exact) mass is 386 g/mol. The summed E-state index contributed by atoms with van der Waals surface area (Å²) in [5, 5.41) is 12.5. The number of nitrogens with zero attached hydrogens (tertiary/aromatic N) is 3. The number of para-hydroxylation sites is 1. The first-order valence-electron chi connectivity index (χ1n) is 8.30. The van der Waals surface area contributed by atoms with E-state index in [-0.39, 0.29) is 11.2 Å². The summed E-state index contributed by atoms with van der Waals surface area (Å²) >= 11 is 7.47. The number of carbonyl (C=O) groups is 1. The first-order valence-corrected chi connectivity index (χ1v) is 9.56. The van der Waals surface area contributed by atoms with Crippen LogP contribution >= 0.6 is 23.4 Å². The van der Waals surface area contributed by atoms with E-state index < -0.39 is 0 Å². The second kappa shape index (κ2) is 8.38. The predicted molar refractivity (Wildman–Crippen MR) is 107 cm³/mol. The Labute approximate surface area is 161 Å². The molecule has 0 saturated heterocycles. The van der Waals surface area contributed by atoms with Gasteiger partial charge in [0, 0.05) is 22.8 Å². The summed E-state index contributed by atoms with van der Waals surface area (Å²) in [7, 11) is 0. The molecule has 7 heteroatoms. The molecule has 3 aromatic rings. The van der Waals surface area contributed by atoms with Crippen molar-refractivity contribution in [2.45, 2.75) is 30.8 Å². The number of aromatic nitrogens is 3. The van der Waals surface area contributed by atoms with Gasteiger partial charge in [-0.2, -0.15) is 0 Å². The summed E-state index contributed by atoms with van der Waals surface area (Å²) < 4.78 is 1.99. The Balaban J connectivity index is 1.76. The molecule has 1 aromatic heterocycles. The van der Waals surface area contributed by atoms with Gasteiger partial charge in [-0.15, -0.1) is 10.2 Å². The standard InChI is InChI=1S/C19H19ClN4OS/c1-3-24-17(14-8-7-9-15(20)12-14)22-23-19(24)26-13(2)18(25)21-16-10-5-4-6-11-16/h4-13H,3H2,1-2H3,(H,21,25)/t13-/m1/s1. The van der Waals surface area contributed by atoms with Crippen molar-refractivity contribution in [1.82, 2.24) is 14.8 Å². The fraction of sp³-hybridized carbons (Fsp3) is 0.211. The second-order valence-electron chi connectivity index (χ2n) is 5.68. The van der Waals surface area contributed by atoms with Crippen molar-refractivity contribution in [3.8, 4) is 11.4 Å². The van der Waals surface area contributed by atoms with Gasteiger partial charge in [0.1, 0.15) is 0 Å². The fourth-order valence-corrected chi connectivity index (χ4v) is 3.58. The normalized spacial score (nSPS) is 12.0. The Kier molecular flexibility index (Phi) is 5.96. The molecule has 1 amide bonds. The van der Waals surface area contributed by atoms with Crippen molar-refractivity contribution in [2.75, 3.05) is 5.32 Å². The van der Waals surface area contributed by atoms with E-state index in [1.807, 2.05) is 73.0 Å². The number of benzene rings is 2. The molecule has 0 aliphatic rings. The maximum Gasteiger partial charge on any atom is 0.237 e. The zero-order chi connectivity index (χ0) is 18.5. The minimum absolute atomic E-state index is 0.0730. The quantitative estimate of drug-likeness (QED) is 0.622. The predicted octanol–water partition coefficient (Wildman–Crippen LogP) is 4.74. The van der Waals surface area contributed by atoms with E-state index in [9.17, 15) is 4.79 Å². The minimum atomic E-state index is -0.308. The van der Waals surface area contributed by atoms with Gasteiger partial charge in [-0.25, -0.2) is 0 Å². The van der Waals surface area contributed by atoms with E-state index in [0.29, 0.717) is 16.7 Å². The van der Waals surface area contributed by atoms with Crippen LogP contribution in [-0.4, -0.2) is 25.9 Å². The number of hydrogen-bond acceptors (Lipinski definition) is 4. The van der Waals surface area contributed by atoms with Crippen molar-refractivity contribution in [3.05, 3.63) is 59.6 Å². The number of halogens is 1. The smallest absolute Gasteiger partial charge is 0.237 e. The van der Waals surface area contributed by atoms with E-state index in [1.165, 1.54) is 11.8 Å². The average molecular weight is 387 g/mol. The number of rotatable bonds is 6. The molecule has 0 fully saturated rings. The van der Waals surface area contributed by atoms with Crippen LogP contribution in [-0.2, 0) is 11.3 Å². The van der Waals surface area contributed by atoms with Crippen LogP contribution in [0.2, 0.25) is 5.02 Å². The molecule has 0 spiro atoms. The maximum atomic E-state index is 12.4. The highest BCUT2D eigenvalue weighted by Crippen LogP contribution is 2.28. The third-order valence-corrected chi connectivity index (χ3v) is 5.12. The number of thioether (sulfide) groups is 1. The Bertz CT molecular complexity index is 898. The largest absolute Gasteiger partial charge is 0.325 e. The first-order chi connectivity index (χ1) is 12.6. The number of amides is 1. The summed E-state index contributed by atoms with van der Waals surface area (Å²) in [5.41, 5.74) is 1.68. The van der Waals surface area contributed by atoms with Gasteiger partial charge in [0.05, 0.1) is 5.25 Å². The van der Waals surface area contributed by atoms with Crippen LogP contribution in [0.3, 0.4) is 0 Å². The maximum absolute atomic E-state index is 12.4. The van der Waals surface area contributed by atoms with Crippen molar-refractivity contribution < 1.29 is 4.79 Å². The third kappa shape index (κ3) is 4.26. The molecule has 0 aliphatic carbocycles. The lowest BCUT2D eigenvalue weighted by atomic mass is 10.2. The summed E-state index contributed by atoms with van der Waals surface area (Å²) in [6.45, 7) is 4.58. The van der Waals surface area contributed by atoms with Crippen LogP contribution in [0.1, 0.15) is 13.8 Å². The first kappa shape index (κ1) is 18.5. The van der Waals surface area contributed by atoms with E-state index in [2.05, 4.69) is 15.5 Å². The Morgan fingerprint density at radius 2 is 1.96 bits per heavy atom. The van der Waals surface area contributed by atoms with Crippen LogP contribution in [0.5, 0.6) is 0 Å². The van der Waals surface area contributed by atoms with Gasteiger partial charge in [-0.3, -0.25) is 4.79 Å². The molecule has 0 unspecified atom stereocenters. The molecule has 1 atom stereocenters. The Hall–Kier alpha value is -2.31. The molecule has 2 aromatic carbocycles. The molecule has 0 radical (unpaired) electrons. The Morgan fingerprint density at radius 3 is 2.65 bits per heavy atom. The molecule has 134 valence electrons. The van der Waals surface area contributed by atoms with Gasteiger partial charge in [0.2, 0.25) is 5.91 Å². The molecule has 0 aliphatic heterocycles. The van der Waals surface area contributed by atoms with Gasteiger partial charge in [0.25, 0.3) is 0 Å². The molecule has 1 heterocycles. The van der Waals surface area contributed by atoms with Crippen LogP contribution < -0.4 is 5.32 Å². The van der Waals surface area contributed by atoms with Gasteiger partial charge in [0.15, 0.2) is 11.0 Å². The lowest BCUT2D eigenvalue weighted by molar-refractivity contribution is -0.115. The summed E-state index contributed by atoms with van der Waals surface area (Å²) in [6.07, 6.45) is 0. The Morgan fingerprint density at radius 1 is 1.19 bits per heavy atom. The zero-order valence-electron chi connectivity index (χ0n) is 14.5. The molecule has 0 bridgehead atoms. The van der Waals surface area contributed by atoms with Crippen molar-refractivity contribution in [1.29, 1.82) is 0 Å². The highest BCUT2D eigenvalue weighted by atomic mass is 35.5. The lowest BCUT2D eigenvalue weighted by Crippen LogP contribution is -2.22. The molecule has 5 nitrogen and oxygen atoms in total. The highest BCUT2D eigenvalue weighted by Gasteiger charge is 2.20. The molecule has 0 saturated carbocycles. The highest BCUT2D eigenvalue weighted by molar-refractivity contribution is 8.00. The average Bonchev–Trinajstić information content (AvgIpc) is 3.05. The van der Waals surface area contributed by atoms with Gasteiger partial charge >= 0.3 is 0 Å². The van der Waals surface area contributed by atoms with Crippen LogP contribution in [0.4, 0.5) is 5.69 Å². The summed E-state index contributed by atoms with van der Waals surface area (Å²) in [4.78, 5) is 12.4. The van der Waals surface area contributed by atoms with E-state index in [0.717, 1.165) is 17.1 Å². The van der Waals surface area contributed by atoms with Crippen molar-refractivity contribution in [3.63, 3.8) is 0 Å². The number of carbonyl (C=O) groups excluding carboxylic acids is 1. The van der Waals surface area contributed by atoms with Gasteiger partial charge in [-0.1, -0.05) is 53.7 Å². The molecular weight excluding hydrogens is 368 g/mol. The number of hydrogen-bond donors (Lipinski definition) is 1. The minimum Gasteiger partial charge on any atom is -0.325 e. The molecule has 3 rings (SSSR count). The van der Waals surface area contributed by atoms with Crippen molar-refractivity contribution in [2.24, 2.45) is 0 Å². The zero-order valence-corrected chi connectivity index (χ0v) is 16.1. The van der Waals surface area contributed by atoms with E-state index >= 15 is 0 Å². The summed E-state index contributed by atoms with van der Waals surface area (Å²) in [6, 6.07) is 16.9. The molecule has 26 heavy (non-hydrogen) atoms. The van der Waals surface area contributed by atoms with Gasteiger partial charge in [-0.05, 0) is 38.1 Å².